The van der Waals surface area contributed by atoms with Gasteiger partial charge in [0.05, 0.1) is 5.56 Å². The van der Waals surface area contributed by atoms with Crippen molar-refractivity contribution >= 4 is 12.1 Å². The van der Waals surface area contributed by atoms with Gasteiger partial charge in [-0.2, -0.15) is 0 Å². The van der Waals surface area contributed by atoms with Gasteiger partial charge in [-0.1, -0.05) is 0 Å². The molecule has 0 aliphatic heterocycles. The van der Waals surface area contributed by atoms with Crippen molar-refractivity contribution in [3.8, 4) is 0 Å². The fourth-order valence-electron chi connectivity index (χ4n) is 0.599. The van der Waals surface area contributed by atoms with E-state index < -0.39 is 0 Å². The van der Waals surface area contributed by atoms with Crippen molar-refractivity contribution in [3.05, 3.63) is 23.7 Å². The van der Waals surface area contributed by atoms with Gasteiger partial charge in [0, 0.05) is 0 Å². The Hall–Kier alpha value is -1.38. The standard InChI is InChI=1S/C7H6O3/c1-5(9)6-2-7(3-8)10-4-6/h2-4H,1H3. The number of hydrogen-bond acceptors (Lipinski definition) is 3. The normalized spacial score (nSPS) is 9.30. The Kier molecular flexibility index (Phi) is 1.67. The Morgan fingerprint density at radius 2 is 2.40 bits per heavy atom. The molecule has 3 heteroatoms. The fraction of sp³-hybridized carbons (Fsp3) is 0.143. The van der Waals surface area contributed by atoms with Crippen LogP contribution in [0.1, 0.15) is 27.8 Å². The molecule has 3 nitrogen and oxygen atoms in total. The molecule has 1 heterocycles. The zero-order valence-electron chi connectivity index (χ0n) is 5.46. The van der Waals surface area contributed by atoms with Crippen LogP contribution >= 0.6 is 0 Å². The maximum absolute atomic E-state index is 10.6. The summed E-state index contributed by atoms with van der Waals surface area (Å²) in [5.41, 5.74) is 0.433. The molecule has 0 fully saturated rings. The first-order chi connectivity index (χ1) is 4.74. The van der Waals surface area contributed by atoms with Gasteiger partial charge in [0.15, 0.2) is 17.8 Å². The Balaban J connectivity index is 2.98. The first-order valence-corrected chi connectivity index (χ1v) is 2.78. The van der Waals surface area contributed by atoms with Crippen LogP contribution in [0.5, 0.6) is 0 Å². The molecule has 0 aliphatic carbocycles. The highest BCUT2D eigenvalue weighted by Crippen LogP contribution is 2.05. The van der Waals surface area contributed by atoms with Gasteiger partial charge in [0.2, 0.25) is 0 Å². The topological polar surface area (TPSA) is 47.3 Å². The van der Waals surface area contributed by atoms with Gasteiger partial charge in [-0.3, -0.25) is 9.59 Å². The SMILES string of the molecule is CC(=O)c1coc(C=O)c1. The summed E-state index contributed by atoms with van der Waals surface area (Å²) in [6.45, 7) is 1.42. The highest BCUT2D eigenvalue weighted by molar-refractivity contribution is 5.94. The monoisotopic (exact) mass is 138 g/mol. The first kappa shape index (κ1) is 6.74. The van der Waals surface area contributed by atoms with Crippen molar-refractivity contribution in [1.82, 2.24) is 0 Å². The third-order valence-corrected chi connectivity index (χ3v) is 1.14. The van der Waals surface area contributed by atoms with Crippen LogP contribution in [0.2, 0.25) is 0 Å². The maximum Gasteiger partial charge on any atom is 0.185 e. The summed E-state index contributed by atoms with van der Waals surface area (Å²) in [5, 5.41) is 0. The minimum atomic E-state index is -0.100. The van der Waals surface area contributed by atoms with E-state index in [0.29, 0.717) is 11.8 Å². The first-order valence-electron chi connectivity index (χ1n) is 2.78. The lowest BCUT2D eigenvalue weighted by atomic mass is 10.2. The van der Waals surface area contributed by atoms with Crippen LogP contribution in [0, 0.1) is 0 Å². The summed E-state index contributed by atoms with van der Waals surface area (Å²) in [6.07, 6.45) is 1.83. The molecule has 1 aromatic heterocycles. The number of Topliss-reactive ketones (excluding diaryl/α,β-unsaturated/α-hetero) is 1. The molecule has 1 aromatic rings. The van der Waals surface area contributed by atoms with Crippen LogP contribution in [-0.4, -0.2) is 12.1 Å². The van der Waals surface area contributed by atoms with Crippen molar-refractivity contribution in [3.63, 3.8) is 0 Å². The number of aldehydes is 1. The van der Waals surface area contributed by atoms with Gasteiger partial charge in [-0.05, 0) is 13.0 Å². The molecular formula is C7H6O3. The predicted molar refractivity (Wildman–Crippen MR) is 34.1 cm³/mol. The Bertz CT molecular complexity index is 260. The lowest BCUT2D eigenvalue weighted by molar-refractivity contribution is 0.101. The number of carbonyl (C=O) groups excluding carboxylic acids is 2. The van der Waals surface area contributed by atoms with E-state index in [-0.39, 0.29) is 11.5 Å². The van der Waals surface area contributed by atoms with Crippen molar-refractivity contribution in [1.29, 1.82) is 0 Å². The Labute approximate surface area is 57.6 Å². The molecule has 0 saturated heterocycles. The molecule has 52 valence electrons. The molecule has 0 unspecified atom stereocenters. The second-order valence-corrected chi connectivity index (χ2v) is 1.91. The third-order valence-electron chi connectivity index (χ3n) is 1.14. The Morgan fingerprint density at radius 1 is 1.70 bits per heavy atom. The molecule has 0 saturated carbocycles. The summed E-state index contributed by atoms with van der Waals surface area (Å²) in [7, 11) is 0. The second kappa shape index (κ2) is 2.47. The van der Waals surface area contributed by atoms with E-state index in [1.165, 1.54) is 19.3 Å². The third kappa shape index (κ3) is 1.13. The van der Waals surface area contributed by atoms with E-state index in [2.05, 4.69) is 4.42 Å². The van der Waals surface area contributed by atoms with Gasteiger partial charge in [0.25, 0.3) is 0 Å². The van der Waals surface area contributed by atoms with Gasteiger partial charge < -0.3 is 4.42 Å². The van der Waals surface area contributed by atoms with Gasteiger partial charge >= 0.3 is 0 Å². The summed E-state index contributed by atoms with van der Waals surface area (Å²) in [6, 6.07) is 1.41. The molecule has 10 heavy (non-hydrogen) atoms. The molecule has 0 amide bonds. The van der Waals surface area contributed by atoms with E-state index in [4.69, 9.17) is 0 Å². The average molecular weight is 138 g/mol. The van der Waals surface area contributed by atoms with Crippen LogP contribution in [0.3, 0.4) is 0 Å². The average Bonchev–Trinajstić information content (AvgIpc) is 2.34. The molecular weight excluding hydrogens is 132 g/mol. The molecule has 0 aliphatic rings. The maximum atomic E-state index is 10.6. The highest BCUT2D eigenvalue weighted by Gasteiger charge is 2.03. The zero-order valence-corrected chi connectivity index (χ0v) is 5.46. The molecule has 0 bridgehead atoms. The summed E-state index contributed by atoms with van der Waals surface area (Å²) >= 11 is 0. The van der Waals surface area contributed by atoms with E-state index in [1.807, 2.05) is 0 Å². The lowest BCUT2D eigenvalue weighted by Gasteiger charge is -1.78. The van der Waals surface area contributed by atoms with Crippen LogP contribution in [0.25, 0.3) is 0 Å². The number of furan rings is 1. The van der Waals surface area contributed by atoms with Crippen LogP contribution in [0.15, 0.2) is 16.7 Å². The lowest BCUT2D eigenvalue weighted by Crippen LogP contribution is -1.86. The van der Waals surface area contributed by atoms with Gasteiger partial charge in [0.1, 0.15) is 6.26 Å². The molecule has 0 atom stereocenters. The number of rotatable bonds is 2. The largest absolute Gasteiger partial charge is 0.461 e. The zero-order chi connectivity index (χ0) is 7.56. The van der Waals surface area contributed by atoms with E-state index >= 15 is 0 Å². The van der Waals surface area contributed by atoms with Crippen molar-refractivity contribution in [2.75, 3.05) is 0 Å². The van der Waals surface area contributed by atoms with Gasteiger partial charge in [-0.25, -0.2) is 0 Å². The van der Waals surface area contributed by atoms with Crippen molar-refractivity contribution in [2.45, 2.75) is 6.92 Å². The van der Waals surface area contributed by atoms with Gasteiger partial charge in [-0.15, -0.1) is 0 Å². The number of ketones is 1. The number of carbonyl (C=O) groups is 2. The quantitative estimate of drug-likeness (QED) is 0.457. The number of hydrogen-bond donors (Lipinski definition) is 0. The molecule has 0 N–H and O–H groups in total. The molecule has 0 aromatic carbocycles. The summed E-state index contributed by atoms with van der Waals surface area (Å²) in [5.74, 6) is 0.0852. The Morgan fingerprint density at radius 3 is 2.70 bits per heavy atom. The van der Waals surface area contributed by atoms with Crippen LogP contribution < -0.4 is 0 Å². The minimum absolute atomic E-state index is 0.100. The summed E-state index contributed by atoms with van der Waals surface area (Å²) in [4.78, 5) is 20.6. The van der Waals surface area contributed by atoms with Crippen LogP contribution in [0.4, 0.5) is 0 Å². The highest BCUT2D eigenvalue weighted by atomic mass is 16.3. The minimum Gasteiger partial charge on any atom is -0.461 e. The van der Waals surface area contributed by atoms with E-state index in [0.717, 1.165) is 0 Å². The van der Waals surface area contributed by atoms with Crippen LogP contribution in [-0.2, 0) is 0 Å². The molecule has 0 radical (unpaired) electrons. The fourth-order valence-corrected chi connectivity index (χ4v) is 0.599. The van der Waals surface area contributed by atoms with E-state index in [1.54, 1.807) is 0 Å². The predicted octanol–water partition coefficient (Wildman–Crippen LogP) is 1.29. The molecule has 1 rings (SSSR count). The van der Waals surface area contributed by atoms with Crippen molar-refractivity contribution in [2.24, 2.45) is 0 Å². The second-order valence-electron chi connectivity index (χ2n) is 1.91. The smallest absolute Gasteiger partial charge is 0.185 e. The summed E-state index contributed by atoms with van der Waals surface area (Å²) < 4.78 is 4.69. The van der Waals surface area contributed by atoms with E-state index in [9.17, 15) is 9.59 Å². The molecule has 0 spiro atoms. The van der Waals surface area contributed by atoms with Crippen molar-refractivity contribution < 1.29 is 14.0 Å².